The van der Waals surface area contributed by atoms with E-state index < -0.39 is 0 Å². The van der Waals surface area contributed by atoms with Gasteiger partial charge >= 0.3 is 0 Å². The van der Waals surface area contributed by atoms with Crippen LogP contribution in [-0.2, 0) is 12.8 Å². The molecular formula is C14H13BrOS. The maximum Gasteiger partial charge on any atom is 0.0660 e. The highest BCUT2D eigenvalue weighted by Crippen LogP contribution is 2.38. The maximum atomic E-state index is 10.3. The number of fused-ring (bicyclic) bond motifs is 1. The Morgan fingerprint density at radius 3 is 2.94 bits per heavy atom. The summed E-state index contributed by atoms with van der Waals surface area (Å²) >= 11 is 5.15. The van der Waals surface area contributed by atoms with E-state index in [1.54, 1.807) is 11.3 Å². The fraction of sp³-hybridized carbons (Fsp3) is 0.286. The third-order valence-electron chi connectivity index (χ3n) is 3.39. The lowest BCUT2D eigenvalue weighted by Crippen LogP contribution is -2.30. The van der Waals surface area contributed by atoms with Crippen molar-refractivity contribution in [2.75, 3.05) is 0 Å². The van der Waals surface area contributed by atoms with Crippen LogP contribution >= 0.6 is 27.3 Å². The summed E-state index contributed by atoms with van der Waals surface area (Å²) in [6.07, 6.45) is 1.52. The highest BCUT2D eigenvalue weighted by molar-refractivity contribution is 9.10. The normalized spacial score (nSPS) is 19.5. The molecule has 0 amide bonds. The van der Waals surface area contributed by atoms with Crippen molar-refractivity contribution in [3.8, 4) is 0 Å². The van der Waals surface area contributed by atoms with E-state index in [0.29, 0.717) is 5.92 Å². The van der Waals surface area contributed by atoms with Crippen LogP contribution in [0.15, 0.2) is 40.2 Å². The molecule has 0 saturated carbocycles. The van der Waals surface area contributed by atoms with Crippen molar-refractivity contribution in [2.24, 2.45) is 0 Å². The third kappa shape index (κ3) is 2.19. The lowest BCUT2D eigenvalue weighted by molar-refractivity contribution is 0.134. The molecule has 1 N–H and O–H groups in total. The number of benzene rings is 1. The first-order valence-corrected chi connectivity index (χ1v) is 7.40. The quantitative estimate of drug-likeness (QED) is 0.915. The van der Waals surface area contributed by atoms with E-state index in [2.05, 4.69) is 51.6 Å². The van der Waals surface area contributed by atoms with E-state index in [1.807, 2.05) is 0 Å². The highest BCUT2D eigenvalue weighted by Gasteiger charge is 2.31. The van der Waals surface area contributed by atoms with Crippen molar-refractivity contribution >= 4 is 27.3 Å². The van der Waals surface area contributed by atoms with Crippen molar-refractivity contribution in [1.82, 2.24) is 0 Å². The summed E-state index contributed by atoms with van der Waals surface area (Å²) in [5.74, 6) is 0.326. The van der Waals surface area contributed by atoms with Crippen molar-refractivity contribution in [2.45, 2.75) is 24.9 Å². The second-order valence-corrected chi connectivity index (χ2v) is 6.42. The van der Waals surface area contributed by atoms with Gasteiger partial charge in [-0.25, -0.2) is 0 Å². The lowest BCUT2D eigenvalue weighted by atomic mass is 9.74. The molecular weight excluding hydrogens is 296 g/mol. The SMILES string of the molecule is OC(Cc1cc(Br)cs1)C1Cc2ccccc21. The molecule has 3 rings (SSSR count). The molecule has 3 heteroatoms. The summed E-state index contributed by atoms with van der Waals surface area (Å²) in [6, 6.07) is 10.5. The van der Waals surface area contributed by atoms with Crippen LogP contribution in [0.1, 0.15) is 21.9 Å². The van der Waals surface area contributed by atoms with Crippen LogP contribution in [0.5, 0.6) is 0 Å². The minimum Gasteiger partial charge on any atom is -0.392 e. The van der Waals surface area contributed by atoms with E-state index in [9.17, 15) is 5.11 Å². The molecule has 0 bridgehead atoms. The summed E-state index contributed by atoms with van der Waals surface area (Å²) in [5, 5.41) is 12.3. The summed E-state index contributed by atoms with van der Waals surface area (Å²) in [5.41, 5.74) is 2.72. The van der Waals surface area contributed by atoms with E-state index in [-0.39, 0.29) is 6.10 Å². The minimum atomic E-state index is -0.254. The van der Waals surface area contributed by atoms with E-state index in [4.69, 9.17) is 0 Å². The van der Waals surface area contributed by atoms with E-state index >= 15 is 0 Å². The van der Waals surface area contributed by atoms with Crippen molar-refractivity contribution in [1.29, 1.82) is 0 Å². The fourth-order valence-corrected chi connectivity index (χ4v) is 3.95. The zero-order valence-electron chi connectivity index (χ0n) is 9.27. The number of hydrogen-bond acceptors (Lipinski definition) is 2. The predicted octanol–water partition coefficient (Wildman–Crippen LogP) is 3.75. The molecule has 88 valence electrons. The summed E-state index contributed by atoms with van der Waals surface area (Å²) in [4.78, 5) is 1.24. The van der Waals surface area contributed by atoms with Crippen molar-refractivity contribution in [3.05, 3.63) is 56.2 Å². The molecule has 2 unspecified atom stereocenters. The van der Waals surface area contributed by atoms with Crippen LogP contribution in [0.2, 0.25) is 0 Å². The van der Waals surface area contributed by atoms with Gasteiger partial charge in [0.1, 0.15) is 0 Å². The molecule has 1 aliphatic rings. The standard InChI is InChI=1S/C14H13BrOS/c15-10-6-11(17-8-10)7-14(16)13-5-9-3-1-2-4-12(9)13/h1-4,6,8,13-14,16H,5,7H2. The number of halogens is 1. The molecule has 0 radical (unpaired) electrons. The first-order chi connectivity index (χ1) is 8.24. The average molecular weight is 309 g/mol. The van der Waals surface area contributed by atoms with Gasteiger partial charge in [-0.3, -0.25) is 0 Å². The summed E-state index contributed by atoms with van der Waals surface area (Å²) < 4.78 is 1.11. The molecule has 1 aromatic heterocycles. The van der Waals surface area contributed by atoms with Crippen LogP contribution in [0.25, 0.3) is 0 Å². The van der Waals surface area contributed by atoms with Gasteiger partial charge in [0.25, 0.3) is 0 Å². The maximum absolute atomic E-state index is 10.3. The van der Waals surface area contributed by atoms with Gasteiger partial charge in [0.2, 0.25) is 0 Å². The Balaban J connectivity index is 1.71. The number of aliphatic hydroxyl groups is 1. The van der Waals surface area contributed by atoms with Gasteiger partial charge in [-0.2, -0.15) is 0 Å². The van der Waals surface area contributed by atoms with E-state index in [0.717, 1.165) is 17.3 Å². The average Bonchev–Trinajstić information content (AvgIpc) is 2.66. The van der Waals surface area contributed by atoms with Crippen LogP contribution < -0.4 is 0 Å². The first kappa shape index (κ1) is 11.5. The predicted molar refractivity (Wildman–Crippen MR) is 74.6 cm³/mol. The Morgan fingerprint density at radius 2 is 2.24 bits per heavy atom. The Hall–Kier alpha value is -0.640. The highest BCUT2D eigenvalue weighted by atomic mass is 79.9. The molecule has 0 aliphatic heterocycles. The van der Waals surface area contributed by atoms with Gasteiger partial charge in [-0.15, -0.1) is 11.3 Å². The summed E-state index contributed by atoms with van der Waals surface area (Å²) in [6.45, 7) is 0. The molecule has 0 saturated heterocycles. The smallest absolute Gasteiger partial charge is 0.0660 e. The van der Waals surface area contributed by atoms with Crippen LogP contribution in [0.4, 0.5) is 0 Å². The van der Waals surface area contributed by atoms with Gasteiger partial charge < -0.3 is 5.11 Å². The number of hydrogen-bond donors (Lipinski definition) is 1. The zero-order valence-corrected chi connectivity index (χ0v) is 11.7. The topological polar surface area (TPSA) is 20.2 Å². The van der Waals surface area contributed by atoms with Crippen LogP contribution in [0.3, 0.4) is 0 Å². The largest absolute Gasteiger partial charge is 0.392 e. The molecule has 0 spiro atoms. The Bertz CT molecular complexity index is 535. The van der Waals surface area contributed by atoms with Crippen molar-refractivity contribution < 1.29 is 5.11 Å². The molecule has 17 heavy (non-hydrogen) atoms. The Kier molecular flexibility index (Phi) is 3.07. The van der Waals surface area contributed by atoms with Gasteiger partial charge in [0, 0.05) is 27.1 Å². The number of thiophene rings is 1. The lowest BCUT2D eigenvalue weighted by Gasteiger charge is -2.33. The first-order valence-electron chi connectivity index (χ1n) is 5.73. The fourth-order valence-electron chi connectivity index (χ4n) is 2.45. The molecule has 2 aromatic rings. The Labute approximate surface area is 113 Å². The Morgan fingerprint density at radius 1 is 1.41 bits per heavy atom. The second kappa shape index (κ2) is 4.56. The van der Waals surface area contributed by atoms with Crippen LogP contribution in [0, 0.1) is 0 Å². The molecule has 1 heterocycles. The van der Waals surface area contributed by atoms with Crippen molar-refractivity contribution in [3.63, 3.8) is 0 Å². The number of rotatable bonds is 3. The molecule has 1 aliphatic carbocycles. The minimum absolute atomic E-state index is 0.254. The molecule has 0 fully saturated rings. The van der Waals surface area contributed by atoms with Gasteiger partial charge in [0.15, 0.2) is 0 Å². The monoisotopic (exact) mass is 308 g/mol. The molecule has 1 aromatic carbocycles. The number of aliphatic hydroxyl groups excluding tert-OH is 1. The third-order valence-corrected chi connectivity index (χ3v) is 5.11. The van der Waals surface area contributed by atoms with Crippen LogP contribution in [-0.4, -0.2) is 11.2 Å². The molecule has 1 nitrogen and oxygen atoms in total. The van der Waals surface area contributed by atoms with Gasteiger partial charge in [-0.05, 0) is 39.5 Å². The zero-order chi connectivity index (χ0) is 11.8. The van der Waals surface area contributed by atoms with Gasteiger partial charge in [-0.1, -0.05) is 24.3 Å². The van der Waals surface area contributed by atoms with Gasteiger partial charge in [0.05, 0.1) is 6.10 Å². The second-order valence-electron chi connectivity index (χ2n) is 4.51. The van der Waals surface area contributed by atoms with E-state index in [1.165, 1.54) is 16.0 Å². The summed E-state index contributed by atoms with van der Waals surface area (Å²) in [7, 11) is 0. The molecule has 2 atom stereocenters.